The van der Waals surface area contributed by atoms with Gasteiger partial charge in [-0.05, 0) is 30.2 Å². The van der Waals surface area contributed by atoms with Crippen LogP contribution in [0.25, 0.3) is 0 Å². The maximum Gasteiger partial charge on any atom is 0.250 e. The van der Waals surface area contributed by atoms with Crippen molar-refractivity contribution in [3.63, 3.8) is 0 Å². The van der Waals surface area contributed by atoms with Crippen molar-refractivity contribution in [3.8, 4) is 0 Å². The number of benzene rings is 2. The number of carbonyl (C=O) groups is 1. The molecule has 0 bridgehead atoms. The first kappa shape index (κ1) is 20.9. The van der Waals surface area contributed by atoms with Crippen LogP contribution in [0, 0.1) is 6.92 Å². The van der Waals surface area contributed by atoms with Gasteiger partial charge in [0.1, 0.15) is 0 Å². The zero-order valence-electron chi connectivity index (χ0n) is 15.0. The van der Waals surface area contributed by atoms with Crippen molar-refractivity contribution in [2.75, 3.05) is 5.75 Å². The van der Waals surface area contributed by atoms with E-state index in [1.54, 1.807) is 30.1 Å². The van der Waals surface area contributed by atoms with E-state index in [1.165, 1.54) is 34.2 Å². The van der Waals surface area contributed by atoms with Gasteiger partial charge in [-0.25, -0.2) is 5.43 Å². The molecule has 1 heterocycles. The summed E-state index contributed by atoms with van der Waals surface area (Å²) in [6.45, 7) is 2.07. The normalized spacial score (nSPS) is 11.1. The largest absolute Gasteiger partial charge is 0.272 e. The molecule has 3 rings (SSSR count). The highest BCUT2D eigenvalue weighted by Crippen LogP contribution is 2.30. The average molecular weight is 449 g/mol. The molecule has 0 spiro atoms. The number of aryl methyl sites for hydroxylation is 1. The van der Waals surface area contributed by atoms with Gasteiger partial charge in [-0.15, -0.1) is 10.2 Å². The molecule has 1 aromatic heterocycles. The van der Waals surface area contributed by atoms with Gasteiger partial charge in [0.05, 0.1) is 12.0 Å². The van der Waals surface area contributed by atoms with Gasteiger partial charge in [0.2, 0.25) is 0 Å². The fourth-order valence-corrected chi connectivity index (χ4v) is 4.92. The Morgan fingerprint density at radius 1 is 1.11 bits per heavy atom. The predicted octanol–water partition coefficient (Wildman–Crippen LogP) is 5.03. The van der Waals surface area contributed by atoms with Crippen LogP contribution in [0.2, 0.25) is 5.02 Å². The molecule has 0 aliphatic carbocycles. The molecule has 0 fully saturated rings. The maximum absolute atomic E-state index is 11.9. The van der Waals surface area contributed by atoms with Crippen molar-refractivity contribution < 1.29 is 4.79 Å². The smallest absolute Gasteiger partial charge is 0.250 e. The van der Waals surface area contributed by atoms with E-state index in [1.807, 2.05) is 12.1 Å². The number of hydrazone groups is 1. The molecule has 144 valence electrons. The Balaban J connectivity index is 1.40. The summed E-state index contributed by atoms with van der Waals surface area (Å²) in [6.07, 6.45) is 1.57. The molecule has 5 nitrogen and oxygen atoms in total. The van der Waals surface area contributed by atoms with Crippen molar-refractivity contribution in [1.82, 2.24) is 15.6 Å². The van der Waals surface area contributed by atoms with Gasteiger partial charge < -0.3 is 0 Å². The molecule has 28 heavy (non-hydrogen) atoms. The fraction of sp³-hybridized carbons (Fsp3) is 0.158. The van der Waals surface area contributed by atoms with Crippen LogP contribution in [-0.4, -0.2) is 28.1 Å². The lowest BCUT2D eigenvalue weighted by atomic mass is 10.2. The number of nitrogens with zero attached hydrogens (tertiary/aromatic N) is 3. The van der Waals surface area contributed by atoms with Crippen LogP contribution in [0.3, 0.4) is 0 Å². The lowest BCUT2D eigenvalue weighted by Gasteiger charge is -1.99. The monoisotopic (exact) mass is 448 g/mol. The summed E-state index contributed by atoms with van der Waals surface area (Å²) in [6, 6.07) is 15.6. The summed E-state index contributed by atoms with van der Waals surface area (Å²) in [5.74, 6) is 0.883. The zero-order valence-corrected chi connectivity index (χ0v) is 18.2. The van der Waals surface area contributed by atoms with Crippen molar-refractivity contribution in [1.29, 1.82) is 0 Å². The Morgan fingerprint density at radius 2 is 1.79 bits per heavy atom. The SMILES string of the molecule is Cc1ccc(CSc2nnc(SCC(=O)N/N=C\c3ccc(Cl)cc3)s2)cc1. The molecule has 0 saturated heterocycles. The van der Waals surface area contributed by atoms with Crippen LogP contribution in [0.15, 0.2) is 62.3 Å². The molecule has 0 saturated carbocycles. The summed E-state index contributed by atoms with van der Waals surface area (Å²) in [5, 5.41) is 12.9. The third-order valence-corrected chi connectivity index (χ3v) is 6.98. The third kappa shape index (κ3) is 6.94. The van der Waals surface area contributed by atoms with E-state index in [2.05, 4.69) is 51.9 Å². The minimum atomic E-state index is -0.195. The van der Waals surface area contributed by atoms with Gasteiger partial charge in [0.15, 0.2) is 8.68 Å². The molecule has 3 aromatic rings. The van der Waals surface area contributed by atoms with Gasteiger partial charge in [-0.3, -0.25) is 4.79 Å². The Morgan fingerprint density at radius 3 is 2.50 bits per heavy atom. The number of hydrogen-bond acceptors (Lipinski definition) is 7. The van der Waals surface area contributed by atoms with Crippen molar-refractivity contribution in [2.45, 2.75) is 21.4 Å². The van der Waals surface area contributed by atoms with Gasteiger partial charge in [0.25, 0.3) is 5.91 Å². The van der Waals surface area contributed by atoms with Crippen LogP contribution in [0.4, 0.5) is 0 Å². The first-order valence-corrected chi connectivity index (χ1v) is 11.5. The van der Waals surface area contributed by atoms with Crippen LogP contribution in [0.5, 0.6) is 0 Å². The van der Waals surface area contributed by atoms with Crippen LogP contribution >= 0.6 is 46.5 Å². The Labute approximate surface area is 181 Å². The molecule has 0 aliphatic heterocycles. The van der Waals surface area contributed by atoms with E-state index in [0.29, 0.717) is 5.02 Å². The number of halogens is 1. The number of thioether (sulfide) groups is 2. The van der Waals surface area contributed by atoms with Crippen LogP contribution < -0.4 is 5.43 Å². The van der Waals surface area contributed by atoms with Crippen LogP contribution in [-0.2, 0) is 10.5 Å². The van der Waals surface area contributed by atoms with Crippen molar-refractivity contribution in [3.05, 3.63) is 70.2 Å². The fourth-order valence-electron chi connectivity index (χ4n) is 2.03. The van der Waals surface area contributed by atoms with E-state index in [-0.39, 0.29) is 11.7 Å². The summed E-state index contributed by atoms with van der Waals surface area (Å²) in [5.41, 5.74) is 5.86. The summed E-state index contributed by atoms with van der Waals surface area (Å²) in [7, 11) is 0. The lowest BCUT2D eigenvalue weighted by Crippen LogP contribution is -2.19. The number of rotatable bonds is 8. The van der Waals surface area contributed by atoms with Gasteiger partial charge >= 0.3 is 0 Å². The zero-order chi connectivity index (χ0) is 19.8. The average Bonchev–Trinajstić information content (AvgIpc) is 3.15. The summed E-state index contributed by atoms with van der Waals surface area (Å²) < 4.78 is 1.66. The molecular formula is C19H17ClN4OS3. The van der Waals surface area contributed by atoms with Crippen molar-refractivity contribution in [2.24, 2.45) is 5.10 Å². The second-order valence-electron chi connectivity index (χ2n) is 5.74. The van der Waals surface area contributed by atoms with E-state index in [0.717, 1.165) is 20.0 Å². The van der Waals surface area contributed by atoms with E-state index < -0.39 is 0 Å². The first-order chi connectivity index (χ1) is 13.6. The highest BCUT2D eigenvalue weighted by Gasteiger charge is 2.08. The number of carbonyl (C=O) groups excluding carboxylic acids is 1. The Hall–Kier alpha value is -1.87. The highest BCUT2D eigenvalue weighted by molar-refractivity contribution is 8.03. The molecule has 9 heteroatoms. The van der Waals surface area contributed by atoms with E-state index in [9.17, 15) is 4.79 Å². The van der Waals surface area contributed by atoms with E-state index >= 15 is 0 Å². The maximum atomic E-state index is 11.9. The topological polar surface area (TPSA) is 67.2 Å². The minimum absolute atomic E-state index is 0.195. The summed E-state index contributed by atoms with van der Waals surface area (Å²) in [4.78, 5) is 11.9. The number of hydrogen-bond donors (Lipinski definition) is 1. The van der Waals surface area contributed by atoms with Gasteiger partial charge in [-0.2, -0.15) is 5.10 Å². The molecular weight excluding hydrogens is 432 g/mol. The lowest BCUT2D eigenvalue weighted by molar-refractivity contribution is -0.118. The molecule has 0 atom stereocenters. The molecule has 0 unspecified atom stereocenters. The molecule has 0 radical (unpaired) electrons. The number of aromatic nitrogens is 2. The summed E-state index contributed by atoms with van der Waals surface area (Å²) >= 11 is 10.3. The Kier molecular flexibility index (Phi) is 7.90. The second kappa shape index (κ2) is 10.6. The third-order valence-electron chi connectivity index (χ3n) is 3.47. The van der Waals surface area contributed by atoms with E-state index in [4.69, 9.17) is 11.6 Å². The number of nitrogens with one attached hydrogen (secondary N) is 1. The molecule has 1 N–H and O–H groups in total. The van der Waals surface area contributed by atoms with Crippen LogP contribution in [0.1, 0.15) is 16.7 Å². The molecule has 2 aromatic carbocycles. The quantitative estimate of drug-likeness (QED) is 0.297. The Bertz CT molecular complexity index is 943. The minimum Gasteiger partial charge on any atom is -0.272 e. The highest BCUT2D eigenvalue weighted by atomic mass is 35.5. The first-order valence-electron chi connectivity index (χ1n) is 8.30. The number of amides is 1. The van der Waals surface area contributed by atoms with Crippen molar-refractivity contribution >= 4 is 58.6 Å². The predicted molar refractivity (Wildman–Crippen MR) is 119 cm³/mol. The standard InChI is InChI=1S/C19H17ClN4OS3/c1-13-2-4-15(5-3-13)11-26-18-23-24-19(28-18)27-12-17(25)22-21-10-14-6-8-16(20)9-7-14/h2-10H,11-12H2,1H3,(H,22,25)/b21-10-. The molecule has 1 amide bonds. The van der Waals surface area contributed by atoms with Gasteiger partial charge in [-0.1, -0.05) is 88.4 Å². The molecule has 0 aliphatic rings. The second-order valence-corrected chi connectivity index (χ2v) is 9.60. The van der Waals surface area contributed by atoms with Gasteiger partial charge in [0, 0.05) is 10.8 Å².